The molecule has 0 saturated carbocycles. The summed E-state index contributed by atoms with van der Waals surface area (Å²) in [6, 6.07) is 14.4. The highest BCUT2D eigenvalue weighted by Crippen LogP contribution is 2.19. The van der Waals surface area contributed by atoms with E-state index in [9.17, 15) is 9.59 Å². The van der Waals surface area contributed by atoms with Crippen LogP contribution in [0.15, 0.2) is 54.7 Å². The molecule has 0 aliphatic rings. The van der Waals surface area contributed by atoms with E-state index in [4.69, 9.17) is 15.2 Å². The zero-order valence-corrected chi connectivity index (χ0v) is 16.2. The number of nitrogens with zero attached hydrogens (tertiary/aromatic N) is 2. The molecular weight excluding hydrogens is 372 g/mol. The van der Waals surface area contributed by atoms with Gasteiger partial charge in [-0.25, -0.2) is 0 Å². The number of anilines is 1. The molecule has 3 rings (SSSR count). The second-order valence-electron chi connectivity index (χ2n) is 6.24. The number of nitrogens with two attached hydrogens (primary N) is 1. The standard InChI is InChI=1S/C21H22N4O4/c1-3-28-16-7-9-17(10-8-16)29-13-14-5-4-6-15(11-14)21(27)24-18-12-23-25(2)19(18)20(22)26/h4-12H,3,13H2,1-2H3,(H2,22,26)(H,24,27). The first-order chi connectivity index (χ1) is 14.0. The average Bonchev–Trinajstić information content (AvgIpc) is 3.08. The number of carbonyl (C=O) groups excluding carboxylic acids is 2. The molecule has 0 aliphatic heterocycles. The summed E-state index contributed by atoms with van der Waals surface area (Å²) in [4.78, 5) is 24.1. The second kappa shape index (κ2) is 8.92. The van der Waals surface area contributed by atoms with Gasteiger partial charge in [0.15, 0.2) is 0 Å². The number of amides is 2. The lowest BCUT2D eigenvalue weighted by Crippen LogP contribution is -2.20. The van der Waals surface area contributed by atoms with Crippen molar-refractivity contribution < 1.29 is 19.1 Å². The minimum atomic E-state index is -0.669. The van der Waals surface area contributed by atoms with Crippen molar-refractivity contribution >= 4 is 17.5 Å². The van der Waals surface area contributed by atoms with Crippen LogP contribution < -0.4 is 20.5 Å². The summed E-state index contributed by atoms with van der Waals surface area (Å²) in [5.41, 5.74) is 7.00. The third-order valence-electron chi connectivity index (χ3n) is 4.15. The van der Waals surface area contributed by atoms with E-state index < -0.39 is 5.91 Å². The first kappa shape index (κ1) is 19.9. The molecule has 1 aromatic heterocycles. The van der Waals surface area contributed by atoms with Gasteiger partial charge in [0.1, 0.15) is 23.8 Å². The molecule has 29 heavy (non-hydrogen) atoms. The molecule has 2 amide bonds. The molecule has 8 heteroatoms. The number of hydrogen-bond donors (Lipinski definition) is 2. The predicted octanol–water partition coefficient (Wildman–Crippen LogP) is 2.75. The van der Waals surface area contributed by atoms with Gasteiger partial charge in [-0.05, 0) is 48.9 Å². The fourth-order valence-corrected chi connectivity index (χ4v) is 2.78. The largest absolute Gasteiger partial charge is 0.494 e. The second-order valence-corrected chi connectivity index (χ2v) is 6.24. The molecule has 3 N–H and O–H groups in total. The predicted molar refractivity (Wildman–Crippen MR) is 108 cm³/mol. The molecule has 0 saturated heterocycles. The van der Waals surface area contributed by atoms with Gasteiger partial charge >= 0.3 is 0 Å². The van der Waals surface area contributed by atoms with Crippen LogP contribution in [0.3, 0.4) is 0 Å². The van der Waals surface area contributed by atoms with Gasteiger partial charge in [0, 0.05) is 12.6 Å². The third kappa shape index (κ3) is 4.92. The van der Waals surface area contributed by atoms with E-state index in [0.29, 0.717) is 24.5 Å². The van der Waals surface area contributed by atoms with E-state index in [-0.39, 0.29) is 17.3 Å². The van der Waals surface area contributed by atoms with Crippen LogP contribution >= 0.6 is 0 Å². The van der Waals surface area contributed by atoms with Gasteiger partial charge in [-0.1, -0.05) is 12.1 Å². The minimum absolute atomic E-state index is 0.133. The zero-order valence-electron chi connectivity index (χ0n) is 16.2. The van der Waals surface area contributed by atoms with Gasteiger partial charge in [-0.15, -0.1) is 0 Å². The van der Waals surface area contributed by atoms with Gasteiger partial charge in [-0.3, -0.25) is 14.3 Å². The van der Waals surface area contributed by atoms with Crippen LogP contribution in [0, 0.1) is 0 Å². The highest BCUT2D eigenvalue weighted by molar-refractivity contribution is 6.08. The van der Waals surface area contributed by atoms with Crippen molar-refractivity contribution in [3.8, 4) is 11.5 Å². The fraction of sp³-hybridized carbons (Fsp3) is 0.190. The smallest absolute Gasteiger partial charge is 0.269 e. The SMILES string of the molecule is CCOc1ccc(OCc2cccc(C(=O)Nc3cnn(C)c3C(N)=O)c2)cc1. The lowest BCUT2D eigenvalue weighted by Gasteiger charge is -2.09. The Hall–Kier alpha value is -3.81. The maximum atomic E-state index is 12.6. The van der Waals surface area contributed by atoms with Crippen molar-refractivity contribution in [2.75, 3.05) is 11.9 Å². The van der Waals surface area contributed by atoms with Crippen LogP contribution in [-0.4, -0.2) is 28.2 Å². The Balaban J connectivity index is 1.66. The number of aryl methyl sites for hydroxylation is 1. The molecule has 1 heterocycles. The van der Waals surface area contributed by atoms with Crippen LogP contribution in [-0.2, 0) is 13.7 Å². The lowest BCUT2D eigenvalue weighted by atomic mass is 10.1. The Morgan fingerprint density at radius 3 is 2.45 bits per heavy atom. The molecule has 0 unspecified atom stereocenters. The van der Waals surface area contributed by atoms with Crippen molar-refractivity contribution in [1.82, 2.24) is 9.78 Å². The quantitative estimate of drug-likeness (QED) is 0.611. The Bertz CT molecular complexity index is 1010. The molecule has 150 valence electrons. The van der Waals surface area contributed by atoms with Crippen LogP contribution in [0.25, 0.3) is 0 Å². The topological polar surface area (TPSA) is 108 Å². The Morgan fingerprint density at radius 2 is 1.79 bits per heavy atom. The van der Waals surface area contributed by atoms with E-state index in [1.165, 1.54) is 10.9 Å². The number of carbonyl (C=O) groups is 2. The summed E-state index contributed by atoms with van der Waals surface area (Å²) in [7, 11) is 1.58. The lowest BCUT2D eigenvalue weighted by molar-refractivity contribution is 0.0992. The minimum Gasteiger partial charge on any atom is -0.494 e. The first-order valence-electron chi connectivity index (χ1n) is 9.05. The van der Waals surface area contributed by atoms with E-state index >= 15 is 0 Å². The molecule has 0 radical (unpaired) electrons. The van der Waals surface area contributed by atoms with Crippen molar-refractivity contribution in [2.24, 2.45) is 12.8 Å². The van der Waals surface area contributed by atoms with Gasteiger partial charge in [0.05, 0.1) is 18.5 Å². The zero-order chi connectivity index (χ0) is 20.8. The number of hydrogen-bond acceptors (Lipinski definition) is 5. The summed E-state index contributed by atoms with van der Waals surface area (Å²) in [5, 5.41) is 6.63. The summed E-state index contributed by atoms with van der Waals surface area (Å²) in [5.74, 6) is 0.440. The molecule has 0 spiro atoms. The monoisotopic (exact) mass is 394 g/mol. The Morgan fingerprint density at radius 1 is 1.10 bits per heavy atom. The number of primary amides is 1. The van der Waals surface area contributed by atoms with Gasteiger partial charge < -0.3 is 20.5 Å². The number of rotatable bonds is 8. The van der Waals surface area contributed by atoms with Gasteiger partial charge in [-0.2, -0.15) is 5.10 Å². The highest BCUT2D eigenvalue weighted by atomic mass is 16.5. The Kier molecular flexibility index (Phi) is 6.13. The summed E-state index contributed by atoms with van der Waals surface area (Å²) in [6.45, 7) is 2.83. The molecule has 3 aromatic rings. The average molecular weight is 394 g/mol. The number of nitrogens with one attached hydrogen (secondary N) is 1. The maximum absolute atomic E-state index is 12.6. The van der Waals surface area contributed by atoms with E-state index in [2.05, 4.69) is 10.4 Å². The van der Waals surface area contributed by atoms with Gasteiger partial charge in [0.2, 0.25) is 0 Å². The summed E-state index contributed by atoms with van der Waals surface area (Å²) >= 11 is 0. The Labute approximate surface area is 168 Å². The van der Waals surface area contributed by atoms with E-state index in [1.807, 2.05) is 37.3 Å². The molecular formula is C21H22N4O4. The van der Waals surface area contributed by atoms with Crippen LogP contribution in [0.4, 0.5) is 5.69 Å². The summed E-state index contributed by atoms with van der Waals surface area (Å²) in [6.07, 6.45) is 1.39. The normalized spacial score (nSPS) is 10.4. The van der Waals surface area contributed by atoms with E-state index in [0.717, 1.165) is 11.3 Å². The molecule has 0 bridgehead atoms. The number of aromatic nitrogens is 2. The van der Waals surface area contributed by atoms with Gasteiger partial charge in [0.25, 0.3) is 11.8 Å². The number of benzene rings is 2. The molecule has 0 atom stereocenters. The first-order valence-corrected chi connectivity index (χ1v) is 9.05. The van der Waals surface area contributed by atoms with Crippen molar-refractivity contribution in [2.45, 2.75) is 13.5 Å². The fourth-order valence-electron chi connectivity index (χ4n) is 2.78. The van der Waals surface area contributed by atoms with Crippen LogP contribution in [0.2, 0.25) is 0 Å². The maximum Gasteiger partial charge on any atom is 0.269 e. The van der Waals surface area contributed by atoms with Crippen LogP contribution in [0.1, 0.15) is 33.3 Å². The summed E-state index contributed by atoms with van der Waals surface area (Å²) < 4.78 is 12.5. The van der Waals surface area contributed by atoms with Crippen LogP contribution in [0.5, 0.6) is 11.5 Å². The molecule has 2 aromatic carbocycles. The molecule has 0 fully saturated rings. The van der Waals surface area contributed by atoms with E-state index in [1.54, 1.807) is 25.2 Å². The highest BCUT2D eigenvalue weighted by Gasteiger charge is 2.17. The number of ether oxygens (including phenoxy) is 2. The molecule has 8 nitrogen and oxygen atoms in total. The molecule has 0 aliphatic carbocycles. The van der Waals surface area contributed by atoms with Crippen molar-refractivity contribution in [3.05, 3.63) is 71.5 Å². The third-order valence-corrected chi connectivity index (χ3v) is 4.15. The van der Waals surface area contributed by atoms with Crippen molar-refractivity contribution in [3.63, 3.8) is 0 Å². The van der Waals surface area contributed by atoms with Crippen molar-refractivity contribution in [1.29, 1.82) is 0 Å².